The number of carbonyl (C=O) groups excluding carboxylic acids is 2. The van der Waals surface area contributed by atoms with Crippen molar-refractivity contribution < 1.29 is 19.1 Å². The average Bonchev–Trinajstić information content (AvgIpc) is 2.93. The summed E-state index contributed by atoms with van der Waals surface area (Å²) in [7, 11) is 0. The van der Waals surface area contributed by atoms with Crippen molar-refractivity contribution in [1.29, 1.82) is 0 Å². The number of unbranched alkanes of at least 4 members (excludes halogenated alkanes) is 1. The van der Waals surface area contributed by atoms with Crippen LogP contribution < -0.4 is 5.56 Å². The van der Waals surface area contributed by atoms with Gasteiger partial charge in [-0.1, -0.05) is 27.2 Å². The maximum Gasteiger partial charge on any atom is 0.348 e. The monoisotopic (exact) mass is 380 g/mol. The van der Waals surface area contributed by atoms with E-state index in [1.165, 1.54) is 10.9 Å². The van der Waals surface area contributed by atoms with Gasteiger partial charge >= 0.3 is 11.9 Å². The minimum absolute atomic E-state index is 0.200. The first kappa shape index (κ1) is 20.1. The van der Waals surface area contributed by atoms with Gasteiger partial charge in [-0.3, -0.25) is 14.2 Å². The van der Waals surface area contributed by atoms with Crippen molar-refractivity contribution >= 4 is 33.5 Å². The van der Waals surface area contributed by atoms with E-state index in [4.69, 9.17) is 9.47 Å². The molecule has 0 atom stereocenters. The van der Waals surface area contributed by atoms with E-state index in [1.807, 2.05) is 20.8 Å². The molecule has 2 aromatic heterocycles. The summed E-state index contributed by atoms with van der Waals surface area (Å²) >= 11 is 1.13. The van der Waals surface area contributed by atoms with Crippen LogP contribution in [0.5, 0.6) is 0 Å². The molecule has 2 aromatic rings. The van der Waals surface area contributed by atoms with Gasteiger partial charge in [0.05, 0.1) is 24.9 Å². The quantitative estimate of drug-likeness (QED) is 0.517. The predicted octanol–water partition coefficient (Wildman–Crippen LogP) is 2.92. The predicted molar refractivity (Wildman–Crippen MR) is 99.6 cm³/mol. The molecule has 0 amide bonds. The van der Waals surface area contributed by atoms with Crippen LogP contribution in [-0.4, -0.2) is 34.7 Å². The molecule has 0 fully saturated rings. The Bertz CT molecular complexity index is 853. The normalized spacial score (nSPS) is 11.1. The lowest BCUT2D eigenvalue weighted by molar-refractivity contribution is -0.144. The van der Waals surface area contributed by atoms with Gasteiger partial charge in [0.1, 0.15) is 16.3 Å². The zero-order chi connectivity index (χ0) is 19.3. The molecule has 8 heteroatoms. The highest BCUT2D eigenvalue weighted by Gasteiger charge is 2.21. The van der Waals surface area contributed by atoms with Crippen LogP contribution in [-0.2, 0) is 20.8 Å². The molecule has 0 unspecified atom stereocenters. The maximum absolute atomic E-state index is 12.7. The number of thiophene rings is 1. The van der Waals surface area contributed by atoms with Gasteiger partial charge in [0.15, 0.2) is 0 Å². The Hall–Kier alpha value is -2.22. The van der Waals surface area contributed by atoms with Crippen molar-refractivity contribution in [2.24, 2.45) is 5.92 Å². The molecule has 0 aliphatic rings. The fourth-order valence-corrected chi connectivity index (χ4v) is 3.32. The van der Waals surface area contributed by atoms with E-state index in [0.717, 1.165) is 24.2 Å². The first-order valence-corrected chi connectivity index (χ1v) is 9.48. The number of aryl methyl sites for hydroxylation is 1. The lowest BCUT2D eigenvalue weighted by Gasteiger charge is -2.06. The van der Waals surface area contributed by atoms with Crippen molar-refractivity contribution in [3.05, 3.63) is 27.1 Å². The van der Waals surface area contributed by atoms with Gasteiger partial charge < -0.3 is 9.47 Å². The van der Waals surface area contributed by atoms with Gasteiger partial charge in [0.25, 0.3) is 5.56 Å². The van der Waals surface area contributed by atoms with Crippen LogP contribution in [0.1, 0.15) is 48.8 Å². The molecular formula is C18H24N2O5S. The second kappa shape index (κ2) is 8.93. The lowest BCUT2D eigenvalue weighted by Crippen LogP contribution is -2.25. The first-order chi connectivity index (χ1) is 12.3. The van der Waals surface area contributed by atoms with Gasteiger partial charge in [-0.05, 0) is 24.8 Å². The highest BCUT2D eigenvalue weighted by Crippen LogP contribution is 2.27. The molecule has 0 saturated carbocycles. The minimum atomic E-state index is -0.480. The Morgan fingerprint density at radius 3 is 2.69 bits per heavy atom. The van der Waals surface area contributed by atoms with E-state index in [-0.39, 0.29) is 18.0 Å². The first-order valence-electron chi connectivity index (χ1n) is 8.66. The molecule has 0 spiro atoms. The number of esters is 2. The largest absolute Gasteiger partial charge is 0.464 e. The summed E-state index contributed by atoms with van der Waals surface area (Å²) in [4.78, 5) is 41.8. The van der Waals surface area contributed by atoms with Crippen molar-refractivity contribution in [2.45, 2.75) is 47.1 Å². The number of rotatable bonds is 8. The molecule has 0 bridgehead atoms. The van der Waals surface area contributed by atoms with Gasteiger partial charge in [-0.25, -0.2) is 9.78 Å². The molecule has 0 saturated heterocycles. The van der Waals surface area contributed by atoms with Gasteiger partial charge in [-0.15, -0.1) is 11.3 Å². The van der Waals surface area contributed by atoms with Crippen LogP contribution in [0.15, 0.2) is 11.1 Å². The SMILES string of the molecule is CCCCOC(=O)Cn1cnc2sc(C(=O)OCC(C)C)c(C)c2c1=O. The molecule has 0 aliphatic carbocycles. The third-order valence-electron chi connectivity index (χ3n) is 3.71. The van der Waals surface area contributed by atoms with Crippen molar-refractivity contribution in [2.75, 3.05) is 13.2 Å². The number of aromatic nitrogens is 2. The molecule has 26 heavy (non-hydrogen) atoms. The van der Waals surface area contributed by atoms with E-state index in [1.54, 1.807) is 6.92 Å². The zero-order valence-electron chi connectivity index (χ0n) is 15.5. The van der Waals surface area contributed by atoms with E-state index in [9.17, 15) is 14.4 Å². The van der Waals surface area contributed by atoms with Crippen LogP contribution in [0.2, 0.25) is 0 Å². The van der Waals surface area contributed by atoms with Crippen LogP contribution >= 0.6 is 11.3 Å². The Balaban J connectivity index is 2.25. The molecular weight excluding hydrogens is 356 g/mol. The summed E-state index contributed by atoms with van der Waals surface area (Å²) < 4.78 is 11.5. The summed E-state index contributed by atoms with van der Waals surface area (Å²) in [5.74, 6) is -0.710. The highest BCUT2D eigenvalue weighted by atomic mass is 32.1. The summed E-state index contributed by atoms with van der Waals surface area (Å²) in [6.07, 6.45) is 3.01. The Morgan fingerprint density at radius 1 is 1.31 bits per heavy atom. The van der Waals surface area contributed by atoms with E-state index in [0.29, 0.717) is 33.9 Å². The molecule has 0 radical (unpaired) electrons. The second-order valence-electron chi connectivity index (χ2n) is 6.48. The molecule has 7 nitrogen and oxygen atoms in total. The molecule has 2 heterocycles. The molecule has 0 N–H and O–H groups in total. The third kappa shape index (κ3) is 4.69. The number of hydrogen-bond acceptors (Lipinski definition) is 7. The summed E-state index contributed by atoms with van der Waals surface area (Å²) in [5.41, 5.74) is 0.170. The molecule has 0 aromatic carbocycles. The van der Waals surface area contributed by atoms with E-state index < -0.39 is 11.9 Å². The van der Waals surface area contributed by atoms with Gasteiger partial charge in [0.2, 0.25) is 0 Å². The zero-order valence-corrected chi connectivity index (χ0v) is 16.4. The summed E-state index contributed by atoms with van der Waals surface area (Å²) in [6, 6.07) is 0. The number of fused-ring (bicyclic) bond motifs is 1. The van der Waals surface area contributed by atoms with Crippen molar-refractivity contribution in [3.8, 4) is 0 Å². The van der Waals surface area contributed by atoms with Gasteiger partial charge in [0, 0.05) is 0 Å². The Morgan fingerprint density at radius 2 is 2.04 bits per heavy atom. The number of nitrogens with zero attached hydrogens (tertiary/aromatic N) is 2. The molecule has 0 aliphatic heterocycles. The standard InChI is InChI=1S/C18H24N2O5S/c1-5-6-7-24-13(21)8-20-10-19-16-14(17(20)22)12(4)15(26-16)18(23)25-9-11(2)3/h10-11H,5-9H2,1-4H3. The maximum atomic E-state index is 12.7. The number of ether oxygens (including phenoxy) is 2. The Labute approximate surface area is 155 Å². The fourth-order valence-electron chi connectivity index (χ4n) is 2.29. The topological polar surface area (TPSA) is 87.5 Å². The smallest absolute Gasteiger partial charge is 0.348 e. The van der Waals surface area contributed by atoms with Crippen LogP contribution in [0.25, 0.3) is 10.2 Å². The third-order valence-corrected chi connectivity index (χ3v) is 4.89. The fraction of sp³-hybridized carbons (Fsp3) is 0.556. The number of carbonyl (C=O) groups is 2. The van der Waals surface area contributed by atoms with E-state index >= 15 is 0 Å². The lowest BCUT2D eigenvalue weighted by atomic mass is 10.2. The van der Waals surface area contributed by atoms with Crippen molar-refractivity contribution in [1.82, 2.24) is 9.55 Å². The van der Waals surface area contributed by atoms with Crippen LogP contribution in [0.3, 0.4) is 0 Å². The van der Waals surface area contributed by atoms with Crippen LogP contribution in [0, 0.1) is 12.8 Å². The highest BCUT2D eigenvalue weighted by molar-refractivity contribution is 7.20. The minimum Gasteiger partial charge on any atom is -0.464 e. The summed E-state index contributed by atoms with van der Waals surface area (Å²) in [6.45, 7) is 8.04. The van der Waals surface area contributed by atoms with Crippen molar-refractivity contribution in [3.63, 3.8) is 0 Å². The Kier molecular flexibility index (Phi) is 6.90. The average molecular weight is 380 g/mol. The molecule has 2 rings (SSSR count). The second-order valence-corrected chi connectivity index (χ2v) is 7.48. The summed E-state index contributed by atoms with van der Waals surface area (Å²) in [5, 5.41) is 0.343. The van der Waals surface area contributed by atoms with Gasteiger partial charge in [-0.2, -0.15) is 0 Å². The van der Waals surface area contributed by atoms with Crippen LogP contribution in [0.4, 0.5) is 0 Å². The van der Waals surface area contributed by atoms with E-state index in [2.05, 4.69) is 4.98 Å². The molecule has 142 valence electrons. The number of hydrogen-bond donors (Lipinski definition) is 0.